The molecule has 0 bridgehead atoms. The van der Waals surface area contributed by atoms with E-state index in [1.807, 2.05) is 0 Å². The molecule has 296 valence electrons. The van der Waals surface area contributed by atoms with Crippen LogP contribution < -0.4 is 17.6 Å². The Hall–Kier alpha value is -7.87. The van der Waals surface area contributed by atoms with Crippen LogP contribution in [0.4, 0.5) is 0 Å². The minimum atomic E-state index is -3.60. The fraction of sp³-hybridized carbons (Fsp3) is 0. The molecule has 0 fully saturated rings. The third-order valence-electron chi connectivity index (χ3n) is 12.5. The third-order valence-corrected chi connectivity index (χ3v) is 22.6. The van der Waals surface area contributed by atoms with Gasteiger partial charge in [-0.25, -0.2) is 0 Å². The van der Waals surface area contributed by atoms with E-state index in [1.165, 1.54) is 39.4 Å². The van der Waals surface area contributed by atoms with Gasteiger partial charge in [0, 0.05) is 10.8 Å². The fourth-order valence-electron chi connectivity index (χ4n) is 9.78. The van der Waals surface area contributed by atoms with Gasteiger partial charge in [0.15, 0.2) is 0 Å². The molecule has 9 aromatic carbocycles. The molecule has 0 aliphatic carbocycles. The first-order valence-corrected chi connectivity index (χ1v) is 25.6. The van der Waals surface area contributed by atoms with Crippen molar-refractivity contribution in [2.45, 2.75) is 0 Å². The second-order valence-electron chi connectivity index (χ2n) is 16.0. The van der Waals surface area contributed by atoms with Crippen LogP contribution in [0.3, 0.4) is 0 Å². The van der Waals surface area contributed by atoms with E-state index in [2.05, 4.69) is 246 Å². The molecule has 0 atom stereocenters. The van der Waals surface area contributed by atoms with Crippen LogP contribution in [0.25, 0.3) is 78.0 Å². The molecule has 0 aliphatic heterocycles. The molecule has 63 heavy (non-hydrogen) atoms. The number of aromatic nitrogens is 5. The molecule has 0 unspecified atom stereocenters. The van der Waals surface area contributed by atoms with Gasteiger partial charge in [-0.2, -0.15) is 0 Å². The summed E-state index contributed by atoms with van der Waals surface area (Å²) in [6, 6.07) is 85.2. The van der Waals surface area contributed by atoms with Gasteiger partial charge in [-0.15, -0.1) is 0 Å². The average molecular weight is 867 g/mol. The third kappa shape index (κ3) is 6.04. The molecule has 0 saturated heterocycles. The van der Waals surface area contributed by atoms with Crippen LogP contribution in [0.1, 0.15) is 0 Å². The summed E-state index contributed by atoms with van der Waals surface area (Å²) in [5.41, 5.74) is 7.36. The normalized spacial score (nSPS) is 11.8. The molecular weight excluding hydrogens is 827 g/mol. The van der Waals surface area contributed by atoms with Crippen molar-refractivity contribution in [3.63, 3.8) is 0 Å². The second kappa shape index (κ2) is 15.2. The van der Waals surface area contributed by atoms with E-state index in [0.717, 1.165) is 38.6 Å². The Morgan fingerprint density at radius 3 is 1.13 bits per heavy atom. The zero-order valence-corrected chi connectivity index (χ0v) is 36.4. The molecule has 0 N–H and O–H groups in total. The maximum atomic E-state index is 5.40. The zero-order chi connectivity index (χ0) is 41.7. The van der Waals surface area contributed by atoms with Crippen LogP contribution in [0.15, 0.2) is 237 Å². The molecule has 0 amide bonds. The van der Waals surface area contributed by atoms with Crippen LogP contribution >= 0.6 is 0 Å². The summed E-state index contributed by atoms with van der Waals surface area (Å²) in [4.78, 5) is 16.1. The van der Waals surface area contributed by atoms with Gasteiger partial charge in [-0.1, -0.05) is 36.4 Å². The monoisotopic (exact) mass is 867 g/mol. The van der Waals surface area contributed by atoms with Crippen molar-refractivity contribution in [1.29, 1.82) is 0 Å². The van der Waals surface area contributed by atoms with Gasteiger partial charge in [0.2, 0.25) is 0 Å². The molecule has 6 heteroatoms. The van der Waals surface area contributed by atoms with Crippen LogP contribution in [0.2, 0.25) is 0 Å². The molecule has 0 saturated carbocycles. The molecule has 12 rings (SSSR count). The zero-order valence-electron chi connectivity index (χ0n) is 34.3. The summed E-state index contributed by atoms with van der Waals surface area (Å²) in [6.07, 6.45) is 0. The van der Waals surface area contributed by atoms with Crippen LogP contribution in [-0.2, 0) is 0 Å². The number of nitrogens with zero attached hydrogens (tertiary/aromatic N) is 5. The van der Waals surface area contributed by atoms with Crippen molar-refractivity contribution in [2.24, 2.45) is 0 Å². The van der Waals surface area contributed by atoms with Gasteiger partial charge in [-0.3, -0.25) is 0 Å². The van der Waals surface area contributed by atoms with Crippen molar-refractivity contribution in [3.05, 3.63) is 237 Å². The van der Waals surface area contributed by atoms with Crippen LogP contribution in [-0.4, -0.2) is 37.4 Å². The van der Waals surface area contributed by atoms with Crippen molar-refractivity contribution < 1.29 is 0 Å². The van der Waals surface area contributed by atoms with E-state index in [-0.39, 0.29) is 0 Å². The summed E-state index contributed by atoms with van der Waals surface area (Å²) in [5.74, 6) is 1.81. The molecule has 0 aliphatic rings. The summed E-state index contributed by atoms with van der Waals surface area (Å²) in [7, 11) is 0. The number of rotatable bonds is 8. The SMILES string of the molecule is c1cc[c]([Ge]([c]2ccccc2)([c]2ccccc2)[c]2cccc(-c3nc(-c4ccc(-n5c6ccccc6c6ccccc65)cc4)nc(-n4c5ccccc5c5ccccc54)n3)c2)cc1. The Balaban J connectivity index is 1.08. The molecule has 5 nitrogen and oxygen atoms in total. The van der Waals surface area contributed by atoms with E-state index >= 15 is 0 Å². The standard InChI is InChI=1S/C57H39GeN5/c1-4-20-42(21-5-1)58(43-22-6-2-7-23-43,44-24-8-3-9-25-44)45-26-18-19-41(39-45)56-59-55(60-57(61-56)63-53-33-16-12-29-49(53)50-30-13-17-34-54(50)63)40-35-37-46(38-36-40)62-51-31-14-10-27-47(51)48-28-11-15-32-52(48)62/h1-39H. The number of fused-ring (bicyclic) bond motifs is 6. The summed E-state index contributed by atoms with van der Waals surface area (Å²) in [6.45, 7) is 0. The molecule has 12 aromatic rings. The topological polar surface area (TPSA) is 48.5 Å². The molecule has 3 heterocycles. The number of hydrogen-bond donors (Lipinski definition) is 0. The molecule has 3 aromatic heterocycles. The number of benzene rings is 9. The predicted octanol–water partition coefficient (Wildman–Crippen LogP) is 10.8. The molecule has 0 radical (unpaired) electrons. The van der Waals surface area contributed by atoms with E-state index in [1.54, 1.807) is 0 Å². The number of para-hydroxylation sites is 4. The predicted molar refractivity (Wildman–Crippen MR) is 263 cm³/mol. The first-order chi connectivity index (χ1) is 31.3. The van der Waals surface area contributed by atoms with Gasteiger partial charge < -0.3 is 0 Å². The fourth-order valence-corrected chi connectivity index (χ4v) is 19.8. The van der Waals surface area contributed by atoms with Crippen LogP contribution in [0.5, 0.6) is 0 Å². The Kier molecular flexibility index (Phi) is 8.94. The molecular formula is C57H39GeN5. The van der Waals surface area contributed by atoms with E-state index in [4.69, 9.17) is 15.0 Å². The average Bonchev–Trinajstić information content (AvgIpc) is 3.89. The van der Waals surface area contributed by atoms with E-state index in [9.17, 15) is 0 Å². The maximum absolute atomic E-state index is 5.40. The second-order valence-corrected chi connectivity index (χ2v) is 24.0. The Labute approximate surface area is 367 Å². The Bertz CT molecular complexity index is 3410. The van der Waals surface area contributed by atoms with Gasteiger partial charge in [0.25, 0.3) is 0 Å². The number of hydrogen-bond acceptors (Lipinski definition) is 3. The van der Waals surface area contributed by atoms with Gasteiger partial charge in [0.05, 0.1) is 0 Å². The van der Waals surface area contributed by atoms with Crippen LogP contribution in [0, 0.1) is 0 Å². The first kappa shape index (κ1) is 36.9. The van der Waals surface area contributed by atoms with Crippen molar-refractivity contribution in [1.82, 2.24) is 24.1 Å². The summed E-state index contributed by atoms with van der Waals surface area (Å²) < 4.78 is 9.90. The summed E-state index contributed by atoms with van der Waals surface area (Å²) >= 11 is -3.60. The van der Waals surface area contributed by atoms with E-state index in [0.29, 0.717) is 17.6 Å². The van der Waals surface area contributed by atoms with Crippen molar-refractivity contribution in [2.75, 3.05) is 0 Å². The minimum absolute atomic E-state index is 0.575. The van der Waals surface area contributed by atoms with Gasteiger partial charge in [0.1, 0.15) is 0 Å². The Morgan fingerprint density at radius 1 is 0.286 bits per heavy atom. The van der Waals surface area contributed by atoms with Crippen molar-refractivity contribution >= 4 is 74.5 Å². The quantitative estimate of drug-likeness (QED) is 0.143. The first-order valence-electron chi connectivity index (χ1n) is 21.4. The van der Waals surface area contributed by atoms with Crippen molar-refractivity contribution in [3.8, 4) is 34.4 Å². The van der Waals surface area contributed by atoms with Gasteiger partial charge >= 0.3 is 310 Å². The Morgan fingerprint density at radius 2 is 0.667 bits per heavy atom. The van der Waals surface area contributed by atoms with Gasteiger partial charge in [-0.05, 0) is 12.1 Å². The molecule has 0 spiro atoms. The van der Waals surface area contributed by atoms with E-state index < -0.39 is 13.3 Å². The summed E-state index contributed by atoms with van der Waals surface area (Å²) in [5, 5.41) is 4.77.